The number of nitrogens with zero attached hydrogens (tertiary/aromatic N) is 3. The van der Waals surface area contributed by atoms with Crippen molar-refractivity contribution in [3.05, 3.63) is 71.0 Å². The lowest BCUT2D eigenvalue weighted by Gasteiger charge is -2.36. The van der Waals surface area contributed by atoms with Crippen LogP contribution in [-0.2, 0) is 16.8 Å². The van der Waals surface area contributed by atoms with Gasteiger partial charge in [-0.2, -0.15) is 0 Å². The molecule has 1 heterocycles. The topological polar surface area (TPSA) is 43.9 Å². The van der Waals surface area contributed by atoms with Gasteiger partial charge in [-0.3, -0.25) is 14.5 Å². The van der Waals surface area contributed by atoms with Crippen LogP contribution in [0.2, 0.25) is 0 Å². The van der Waals surface area contributed by atoms with E-state index in [2.05, 4.69) is 44.7 Å². The highest BCUT2D eigenvalue weighted by Gasteiger charge is 2.24. The van der Waals surface area contributed by atoms with Crippen molar-refractivity contribution in [1.82, 2.24) is 14.7 Å². The third kappa shape index (κ3) is 9.23. The molecule has 208 valence electrons. The standard InChI is InChI=1S/C32H46FN3O2/c1-5-6-7-8-9-10-30(37)36(25-26-11-17-29(33)18-12-26)24-21-34-19-22-35(23-20-34)31(38)27-13-15-28(16-14-27)32(2,3)4/h11-18H,5-10,19-25H2,1-4H3. The third-order valence-electron chi connectivity index (χ3n) is 7.48. The summed E-state index contributed by atoms with van der Waals surface area (Å²) in [5, 5.41) is 0. The van der Waals surface area contributed by atoms with Gasteiger partial charge in [-0.15, -0.1) is 0 Å². The van der Waals surface area contributed by atoms with Gasteiger partial charge < -0.3 is 9.80 Å². The highest BCUT2D eigenvalue weighted by Crippen LogP contribution is 2.23. The second kappa shape index (κ2) is 14.4. The Morgan fingerprint density at radius 1 is 0.868 bits per heavy atom. The number of piperazine rings is 1. The summed E-state index contributed by atoms with van der Waals surface area (Å²) >= 11 is 0. The van der Waals surface area contributed by atoms with Gasteiger partial charge in [0.05, 0.1) is 0 Å². The zero-order valence-corrected chi connectivity index (χ0v) is 23.8. The molecule has 3 rings (SSSR count). The molecule has 1 aliphatic rings. The van der Waals surface area contributed by atoms with Gasteiger partial charge in [0.1, 0.15) is 5.82 Å². The van der Waals surface area contributed by atoms with Crippen LogP contribution in [0.15, 0.2) is 48.5 Å². The van der Waals surface area contributed by atoms with E-state index in [1.807, 2.05) is 21.9 Å². The fourth-order valence-electron chi connectivity index (χ4n) is 4.87. The molecule has 1 fully saturated rings. The molecule has 5 nitrogen and oxygen atoms in total. The molecule has 0 unspecified atom stereocenters. The number of halogens is 1. The van der Waals surface area contributed by atoms with Crippen LogP contribution in [0.5, 0.6) is 0 Å². The third-order valence-corrected chi connectivity index (χ3v) is 7.48. The van der Waals surface area contributed by atoms with Crippen LogP contribution in [0.4, 0.5) is 4.39 Å². The van der Waals surface area contributed by atoms with Crippen molar-refractivity contribution in [2.75, 3.05) is 39.3 Å². The maximum absolute atomic E-state index is 13.4. The van der Waals surface area contributed by atoms with Gasteiger partial charge in [0.2, 0.25) is 5.91 Å². The average molecular weight is 524 g/mol. The van der Waals surface area contributed by atoms with Crippen molar-refractivity contribution in [3.63, 3.8) is 0 Å². The number of carbonyl (C=O) groups is 2. The summed E-state index contributed by atoms with van der Waals surface area (Å²) in [6, 6.07) is 14.4. The van der Waals surface area contributed by atoms with E-state index in [-0.39, 0.29) is 23.0 Å². The first-order valence-corrected chi connectivity index (χ1v) is 14.3. The smallest absolute Gasteiger partial charge is 0.253 e. The molecule has 2 aromatic rings. The Morgan fingerprint density at radius 2 is 1.50 bits per heavy atom. The molecule has 2 amide bonds. The molecule has 1 saturated heterocycles. The first kappa shape index (κ1) is 29.8. The zero-order chi connectivity index (χ0) is 27.5. The van der Waals surface area contributed by atoms with Crippen molar-refractivity contribution in [2.45, 2.75) is 78.2 Å². The summed E-state index contributed by atoms with van der Waals surface area (Å²) in [5.74, 6) is -0.0141. The molecule has 0 saturated carbocycles. The number of hydrogen-bond donors (Lipinski definition) is 0. The van der Waals surface area contributed by atoms with Crippen LogP contribution in [0.25, 0.3) is 0 Å². The molecule has 6 heteroatoms. The van der Waals surface area contributed by atoms with Crippen molar-refractivity contribution in [3.8, 4) is 0 Å². The fourth-order valence-corrected chi connectivity index (χ4v) is 4.87. The minimum Gasteiger partial charge on any atom is -0.337 e. The summed E-state index contributed by atoms with van der Waals surface area (Å²) in [6.45, 7) is 13.6. The van der Waals surface area contributed by atoms with Gasteiger partial charge in [-0.05, 0) is 47.2 Å². The van der Waals surface area contributed by atoms with E-state index < -0.39 is 0 Å². The van der Waals surface area contributed by atoms with Crippen LogP contribution < -0.4 is 0 Å². The Balaban J connectivity index is 1.51. The number of hydrogen-bond acceptors (Lipinski definition) is 3. The van der Waals surface area contributed by atoms with E-state index in [1.54, 1.807) is 12.1 Å². The van der Waals surface area contributed by atoms with Crippen LogP contribution in [0.1, 0.15) is 87.7 Å². The number of benzene rings is 2. The Morgan fingerprint density at radius 3 is 2.11 bits per heavy atom. The number of rotatable bonds is 12. The van der Waals surface area contributed by atoms with Crippen molar-refractivity contribution in [1.29, 1.82) is 0 Å². The SMILES string of the molecule is CCCCCCCC(=O)N(CCN1CCN(C(=O)c2ccc(C(C)(C)C)cc2)CC1)Cc1ccc(F)cc1. The van der Waals surface area contributed by atoms with Crippen LogP contribution in [-0.4, -0.2) is 65.8 Å². The molecule has 0 bridgehead atoms. The quantitative estimate of drug-likeness (QED) is 0.308. The lowest BCUT2D eigenvalue weighted by molar-refractivity contribution is -0.132. The second-order valence-corrected chi connectivity index (χ2v) is 11.6. The summed E-state index contributed by atoms with van der Waals surface area (Å²) < 4.78 is 13.4. The molecule has 2 aromatic carbocycles. The van der Waals surface area contributed by atoms with Gasteiger partial charge in [-0.25, -0.2) is 4.39 Å². The highest BCUT2D eigenvalue weighted by molar-refractivity contribution is 5.94. The van der Waals surface area contributed by atoms with E-state index in [0.717, 1.165) is 43.6 Å². The van der Waals surface area contributed by atoms with E-state index in [0.29, 0.717) is 32.6 Å². The van der Waals surface area contributed by atoms with Crippen molar-refractivity contribution in [2.24, 2.45) is 0 Å². The molecule has 0 atom stereocenters. The zero-order valence-electron chi connectivity index (χ0n) is 23.8. The predicted octanol–water partition coefficient (Wildman–Crippen LogP) is 6.27. The molecule has 0 aliphatic carbocycles. The number of carbonyl (C=O) groups excluding carboxylic acids is 2. The summed E-state index contributed by atoms with van der Waals surface area (Å²) in [7, 11) is 0. The highest BCUT2D eigenvalue weighted by atomic mass is 19.1. The fraction of sp³-hybridized carbons (Fsp3) is 0.562. The molecule has 1 aliphatic heterocycles. The van der Waals surface area contributed by atoms with E-state index in [4.69, 9.17) is 0 Å². The van der Waals surface area contributed by atoms with Crippen LogP contribution >= 0.6 is 0 Å². The molecule has 0 spiro atoms. The number of unbranched alkanes of at least 4 members (excludes halogenated alkanes) is 4. The normalized spacial score (nSPS) is 14.5. The monoisotopic (exact) mass is 523 g/mol. The van der Waals surface area contributed by atoms with Gasteiger partial charge >= 0.3 is 0 Å². The number of amides is 2. The minimum atomic E-state index is -0.264. The van der Waals surface area contributed by atoms with Gasteiger partial charge in [0.25, 0.3) is 5.91 Å². The second-order valence-electron chi connectivity index (χ2n) is 11.6. The van der Waals surface area contributed by atoms with E-state index in [1.165, 1.54) is 37.0 Å². The molecule has 38 heavy (non-hydrogen) atoms. The maximum atomic E-state index is 13.4. The maximum Gasteiger partial charge on any atom is 0.253 e. The first-order chi connectivity index (χ1) is 18.2. The molecule has 0 radical (unpaired) electrons. The lowest BCUT2D eigenvalue weighted by atomic mass is 9.86. The van der Waals surface area contributed by atoms with Gasteiger partial charge in [0, 0.05) is 57.8 Å². The minimum absolute atomic E-state index is 0.0637. The molecular weight excluding hydrogens is 477 g/mol. The Kier molecular flexibility index (Phi) is 11.3. The Labute approximate surface area is 229 Å². The predicted molar refractivity (Wildman–Crippen MR) is 153 cm³/mol. The summed E-state index contributed by atoms with van der Waals surface area (Å²) in [6.07, 6.45) is 6.12. The largest absolute Gasteiger partial charge is 0.337 e. The van der Waals surface area contributed by atoms with Gasteiger partial charge in [-0.1, -0.05) is 77.6 Å². The Hall–Kier alpha value is -2.73. The lowest BCUT2D eigenvalue weighted by Crippen LogP contribution is -2.50. The van der Waals surface area contributed by atoms with Crippen molar-refractivity contribution < 1.29 is 14.0 Å². The van der Waals surface area contributed by atoms with Crippen LogP contribution in [0.3, 0.4) is 0 Å². The summed E-state index contributed by atoms with van der Waals surface area (Å²) in [5.41, 5.74) is 2.97. The van der Waals surface area contributed by atoms with E-state index in [9.17, 15) is 14.0 Å². The van der Waals surface area contributed by atoms with Crippen molar-refractivity contribution >= 4 is 11.8 Å². The first-order valence-electron chi connectivity index (χ1n) is 14.3. The average Bonchev–Trinajstić information content (AvgIpc) is 2.91. The Bertz CT molecular complexity index is 1010. The van der Waals surface area contributed by atoms with Gasteiger partial charge in [0.15, 0.2) is 0 Å². The molecule has 0 N–H and O–H groups in total. The van der Waals surface area contributed by atoms with E-state index >= 15 is 0 Å². The van der Waals surface area contributed by atoms with Crippen LogP contribution in [0, 0.1) is 5.82 Å². The molecular formula is C32H46FN3O2. The molecule has 0 aromatic heterocycles. The summed E-state index contributed by atoms with van der Waals surface area (Å²) in [4.78, 5) is 32.3.